The number of hydrogen-bond donors (Lipinski definition) is 0. The molecule has 1 aromatic carbocycles. The standard InChI is InChI=1S/C14H22N2/c1-12-4-5-13(2)14(10-12)11-16-8-6-15(3)7-9-16/h4-5,10H,6-9,11H2,1-3H3. The van der Waals surface area contributed by atoms with Gasteiger partial charge >= 0.3 is 0 Å². The minimum atomic E-state index is 1.11. The maximum absolute atomic E-state index is 2.56. The summed E-state index contributed by atoms with van der Waals surface area (Å²) < 4.78 is 0. The number of benzene rings is 1. The first-order valence-electron chi connectivity index (χ1n) is 6.12. The fourth-order valence-electron chi connectivity index (χ4n) is 2.22. The lowest BCUT2D eigenvalue weighted by Gasteiger charge is -2.32. The Morgan fingerprint density at radius 3 is 2.44 bits per heavy atom. The van der Waals surface area contributed by atoms with Crippen molar-refractivity contribution in [2.45, 2.75) is 20.4 Å². The van der Waals surface area contributed by atoms with E-state index < -0.39 is 0 Å². The van der Waals surface area contributed by atoms with E-state index >= 15 is 0 Å². The molecule has 0 amide bonds. The molecule has 1 heterocycles. The summed E-state index contributed by atoms with van der Waals surface area (Å²) >= 11 is 0. The van der Waals surface area contributed by atoms with E-state index in [9.17, 15) is 0 Å². The van der Waals surface area contributed by atoms with Gasteiger partial charge in [-0.1, -0.05) is 23.8 Å². The van der Waals surface area contributed by atoms with Crippen LogP contribution in [0.2, 0.25) is 0 Å². The van der Waals surface area contributed by atoms with E-state index in [1.165, 1.54) is 42.9 Å². The molecule has 0 radical (unpaired) electrons. The molecule has 0 saturated carbocycles. The van der Waals surface area contributed by atoms with Crippen LogP contribution in [-0.2, 0) is 6.54 Å². The summed E-state index contributed by atoms with van der Waals surface area (Å²) in [4.78, 5) is 4.96. The second-order valence-electron chi connectivity index (χ2n) is 5.01. The van der Waals surface area contributed by atoms with Crippen molar-refractivity contribution in [2.75, 3.05) is 33.2 Å². The van der Waals surface area contributed by atoms with Gasteiger partial charge in [0.05, 0.1) is 0 Å². The van der Waals surface area contributed by atoms with Crippen LogP contribution in [0.15, 0.2) is 18.2 Å². The largest absolute Gasteiger partial charge is 0.304 e. The molecule has 1 aliphatic rings. The number of aryl methyl sites for hydroxylation is 2. The highest BCUT2D eigenvalue weighted by Crippen LogP contribution is 2.14. The van der Waals surface area contributed by atoms with Crippen molar-refractivity contribution in [3.63, 3.8) is 0 Å². The lowest BCUT2D eigenvalue weighted by Crippen LogP contribution is -2.43. The minimum absolute atomic E-state index is 1.11. The molecule has 2 heteroatoms. The molecule has 1 aromatic rings. The van der Waals surface area contributed by atoms with Crippen LogP contribution >= 0.6 is 0 Å². The van der Waals surface area contributed by atoms with E-state index in [1.54, 1.807) is 0 Å². The third-order valence-corrected chi connectivity index (χ3v) is 3.49. The molecular formula is C14H22N2. The van der Waals surface area contributed by atoms with E-state index in [0.717, 1.165) is 6.54 Å². The topological polar surface area (TPSA) is 6.48 Å². The Labute approximate surface area is 98.9 Å². The molecule has 1 fully saturated rings. The molecule has 2 nitrogen and oxygen atoms in total. The maximum atomic E-state index is 2.56. The second kappa shape index (κ2) is 4.98. The van der Waals surface area contributed by atoms with Gasteiger partial charge in [0, 0.05) is 32.7 Å². The molecule has 0 N–H and O–H groups in total. The first kappa shape index (κ1) is 11.6. The predicted octanol–water partition coefficient (Wildman–Crippen LogP) is 2.05. The smallest absolute Gasteiger partial charge is 0.0237 e. The Bertz CT molecular complexity index is 352. The molecule has 0 aliphatic carbocycles. The van der Waals surface area contributed by atoms with Gasteiger partial charge in [-0.3, -0.25) is 4.90 Å². The molecular weight excluding hydrogens is 196 g/mol. The van der Waals surface area contributed by atoms with Crippen molar-refractivity contribution >= 4 is 0 Å². The Morgan fingerprint density at radius 2 is 1.75 bits per heavy atom. The quantitative estimate of drug-likeness (QED) is 0.749. The zero-order valence-corrected chi connectivity index (χ0v) is 10.7. The monoisotopic (exact) mass is 218 g/mol. The molecule has 0 aromatic heterocycles. The second-order valence-corrected chi connectivity index (χ2v) is 5.01. The van der Waals surface area contributed by atoms with Gasteiger partial charge in [-0.2, -0.15) is 0 Å². The number of likely N-dealkylation sites (N-methyl/N-ethyl adjacent to an activating group) is 1. The van der Waals surface area contributed by atoms with E-state index in [4.69, 9.17) is 0 Å². The summed E-state index contributed by atoms with van der Waals surface area (Å²) in [7, 11) is 2.20. The highest BCUT2D eigenvalue weighted by atomic mass is 15.2. The van der Waals surface area contributed by atoms with Crippen LogP contribution in [-0.4, -0.2) is 43.0 Å². The summed E-state index contributed by atoms with van der Waals surface area (Å²) in [5, 5.41) is 0. The van der Waals surface area contributed by atoms with Crippen molar-refractivity contribution in [3.05, 3.63) is 34.9 Å². The highest BCUT2D eigenvalue weighted by Gasteiger charge is 2.14. The summed E-state index contributed by atoms with van der Waals surface area (Å²) in [5.41, 5.74) is 4.28. The van der Waals surface area contributed by atoms with Crippen LogP contribution < -0.4 is 0 Å². The molecule has 0 atom stereocenters. The van der Waals surface area contributed by atoms with Crippen LogP contribution in [0.3, 0.4) is 0 Å². The van der Waals surface area contributed by atoms with Gasteiger partial charge in [-0.15, -0.1) is 0 Å². The van der Waals surface area contributed by atoms with Gasteiger partial charge in [0.1, 0.15) is 0 Å². The summed E-state index contributed by atoms with van der Waals surface area (Å²) in [6.45, 7) is 10.3. The zero-order chi connectivity index (χ0) is 11.5. The Balaban J connectivity index is 2.00. The lowest BCUT2D eigenvalue weighted by molar-refractivity contribution is 0.148. The van der Waals surface area contributed by atoms with Crippen molar-refractivity contribution in [1.29, 1.82) is 0 Å². The van der Waals surface area contributed by atoms with E-state index in [2.05, 4.69) is 48.9 Å². The van der Waals surface area contributed by atoms with Gasteiger partial charge < -0.3 is 4.90 Å². The fourth-order valence-corrected chi connectivity index (χ4v) is 2.22. The van der Waals surface area contributed by atoms with Crippen LogP contribution in [0.4, 0.5) is 0 Å². The predicted molar refractivity (Wildman–Crippen MR) is 68.7 cm³/mol. The van der Waals surface area contributed by atoms with Gasteiger partial charge in [0.15, 0.2) is 0 Å². The Morgan fingerprint density at radius 1 is 1.06 bits per heavy atom. The van der Waals surface area contributed by atoms with Gasteiger partial charge in [-0.05, 0) is 32.0 Å². The van der Waals surface area contributed by atoms with Crippen LogP contribution in [0.5, 0.6) is 0 Å². The van der Waals surface area contributed by atoms with Crippen molar-refractivity contribution in [2.24, 2.45) is 0 Å². The summed E-state index contributed by atoms with van der Waals surface area (Å²) in [5.74, 6) is 0. The number of piperazine rings is 1. The molecule has 0 spiro atoms. The first-order chi connectivity index (χ1) is 7.65. The molecule has 0 bridgehead atoms. The number of nitrogens with zero attached hydrogens (tertiary/aromatic N) is 2. The maximum Gasteiger partial charge on any atom is 0.0237 e. The van der Waals surface area contributed by atoms with E-state index in [1.807, 2.05) is 0 Å². The summed E-state index contributed by atoms with van der Waals surface area (Å²) in [6, 6.07) is 6.76. The van der Waals surface area contributed by atoms with Gasteiger partial charge in [-0.25, -0.2) is 0 Å². The third-order valence-electron chi connectivity index (χ3n) is 3.49. The lowest BCUT2D eigenvalue weighted by atomic mass is 10.0. The first-order valence-corrected chi connectivity index (χ1v) is 6.12. The average molecular weight is 218 g/mol. The summed E-state index contributed by atoms with van der Waals surface area (Å²) in [6.07, 6.45) is 0. The molecule has 0 unspecified atom stereocenters. The zero-order valence-electron chi connectivity index (χ0n) is 10.7. The normalized spacial score (nSPS) is 18.9. The minimum Gasteiger partial charge on any atom is -0.304 e. The van der Waals surface area contributed by atoms with Crippen LogP contribution in [0.1, 0.15) is 16.7 Å². The molecule has 1 aliphatic heterocycles. The molecule has 2 rings (SSSR count). The third kappa shape index (κ3) is 2.83. The van der Waals surface area contributed by atoms with E-state index in [0.29, 0.717) is 0 Å². The highest BCUT2D eigenvalue weighted by molar-refractivity contribution is 5.30. The Kier molecular flexibility index (Phi) is 3.62. The number of rotatable bonds is 2. The fraction of sp³-hybridized carbons (Fsp3) is 0.571. The van der Waals surface area contributed by atoms with Crippen molar-refractivity contribution < 1.29 is 0 Å². The molecule has 88 valence electrons. The molecule has 16 heavy (non-hydrogen) atoms. The van der Waals surface area contributed by atoms with E-state index in [-0.39, 0.29) is 0 Å². The number of hydrogen-bond acceptors (Lipinski definition) is 2. The molecule has 1 saturated heterocycles. The van der Waals surface area contributed by atoms with Gasteiger partial charge in [0.25, 0.3) is 0 Å². The van der Waals surface area contributed by atoms with Crippen molar-refractivity contribution in [3.8, 4) is 0 Å². The SMILES string of the molecule is Cc1ccc(C)c(CN2CCN(C)CC2)c1. The average Bonchev–Trinajstić information content (AvgIpc) is 2.27. The van der Waals surface area contributed by atoms with Gasteiger partial charge in [0.2, 0.25) is 0 Å². The van der Waals surface area contributed by atoms with Crippen LogP contribution in [0.25, 0.3) is 0 Å². The van der Waals surface area contributed by atoms with Crippen molar-refractivity contribution in [1.82, 2.24) is 9.80 Å². The Hall–Kier alpha value is -0.860. The van der Waals surface area contributed by atoms with Crippen LogP contribution in [0, 0.1) is 13.8 Å².